The Hall–Kier alpha value is -2.49. The maximum absolute atomic E-state index is 12.7. The lowest BCUT2D eigenvalue weighted by molar-refractivity contribution is -0.133. The van der Waals surface area contributed by atoms with Crippen molar-refractivity contribution in [3.8, 4) is 11.5 Å². The third-order valence-electron chi connectivity index (χ3n) is 5.32. The number of benzene rings is 1. The van der Waals surface area contributed by atoms with Gasteiger partial charge in [-0.3, -0.25) is 4.79 Å². The summed E-state index contributed by atoms with van der Waals surface area (Å²) >= 11 is 0. The standard InChI is InChI=1S/C21H25NO3/c1-5-16-7-6-8-19-21(16,2)12-11-20(23)22(19)14-15-9-10-17(24-3)13-18(15)25-4/h5,7-10,13H,1,6,11-12,14H2,2-4H3/t21-/m1/s1. The number of amides is 1. The second-order valence-corrected chi connectivity index (χ2v) is 6.68. The van der Waals surface area contributed by atoms with Gasteiger partial charge in [0.15, 0.2) is 0 Å². The highest BCUT2D eigenvalue weighted by molar-refractivity contribution is 5.80. The summed E-state index contributed by atoms with van der Waals surface area (Å²) in [5.41, 5.74) is 3.12. The Labute approximate surface area is 149 Å². The van der Waals surface area contributed by atoms with E-state index in [9.17, 15) is 4.79 Å². The predicted molar refractivity (Wildman–Crippen MR) is 98.4 cm³/mol. The van der Waals surface area contributed by atoms with Crippen LogP contribution in [0.4, 0.5) is 0 Å². The van der Waals surface area contributed by atoms with Crippen LogP contribution in [-0.4, -0.2) is 25.0 Å². The van der Waals surface area contributed by atoms with Crippen LogP contribution in [-0.2, 0) is 11.3 Å². The molecule has 2 aliphatic rings. The van der Waals surface area contributed by atoms with E-state index in [0.29, 0.717) is 13.0 Å². The molecule has 1 atom stereocenters. The number of nitrogens with zero attached hydrogens (tertiary/aromatic N) is 1. The number of methoxy groups -OCH3 is 2. The molecule has 1 amide bonds. The van der Waals surface area contributed by atoms with Crippen molar-refractivity contribution in [3.63, 3.8) is 0 Å². The molecule has 1 aromatic carbocycles. The number of allylic oxidation sites excluding steroid dienone is 4. The molecular formula is C21H25NO3. The van der Waals surface area contributed by atoms with Crippen molar-refractivity contribution in [2.45, 2.75) is 32.7 Å². The Morgan fingerprint density at radius 1 is 1.28 bits per heavy atom. The van der Waals surface area contributed by atoms with Crippen molar-refractivity contribution in [1.29, 1.82) is 0 Å². The second-order valence-electron chi connectivity index (χ2n) is 6.68. The van der Waals surface area contributed by atoms with Gasteiger partial charge in [0, 0.05) is 29.2 Å². The van der Waals surface area contributed by atoms with Crippen molar-refractivity contribution in [2.75, 3.05) is 14.2 Å². The lowest BCUT2D eigenvalue weighted by Crippen LogP contribution is -2.44. The molecular weight excluding hydrogens is 314 g/mol. The summed E-state index contributed by atoms with van der Waals surface area (Å²) in [5.74, 6) is 1.63. The molecule has 3 rings (SSSR count). The first-order valence-electron chi connectivity index (χ1n) is 8.58. The predicted octanol–water partition coefficient (Wildman–Crippen LogP) is 4.23. The fourth-order valence-electron chi connectivity index (χ4n) is 3.84. The van der Waals surface area contributed by atoms with Gasteiger partial charge in [0.1, 0.15) is 11.5 Å². The molecule has 1 fully saturated rings. The number of carbonyl (C=O) groups is 1. The topological polar surface area (TPSA) is 38.8 Å². The van der Waals surface area contributed by atoms with Gasteiger partial charge in [-0.1, -0.05) is 24.8 Å². The molecule has 1 aliphatic carbocycles. The van der Waals surface area contributed by atoms with Crippen molar-refractivity contribution in [3.05, 3.63) is 59.8 Å². The molecule has 1 aliphatic heterocycles. The van der Waals surface area contributed by atoms with Crippen LogP contribution in [0.15, 0.2) is 54.3 Å². The van der Waals surface area contributed by atoms with E-state index in [1.54, 1.807) is 14.2 Å². The average molecular weight is 339 g/mol. The van der Waals surface area contributed by atoms with E-state index in [-0.39, 0.29) is 11.3 Å². The molecule has 0 spiro atoms. The maximum atomic E-state index is 12.7. The van der Waals surface area contributed by atoms with Gasteiger partial charge in [0.25, 0.3) is 0 Å². The maximum Gasteiger partial charge on any atom is 0.227 e. The summed E-state index contributed by atoms with van der Waals surface area (Å²) in [7, 11) is 3.27. The molecule has 1 saturated heterocycles. The highest BCUT2D eigenvalue weighted by Gasteiger charge is 2.42. The summed E-state index contributed by atoms with van der Waals surface area (Å²) in [4.78, 5) is 14.6. The quantitative estimate of drug-likeness (QED) is 0.806. The first-order chi connectivity index (χ1) is 12.0. The van der Waals surface area contributed by atoms with Crippen LogP contribution >= 0.6 is 0 Å². The van der Waals surface area contributed by atoms with E-state index in [0.717, 1.165) is 35.6 Å². The molecule has 4 heteroatoms. The molecule has 132 valence electrons. The van der Waals surface area contributed by atoms with Gasteiger partial charge in [0.05, 0.1) is 20.8 Å². The number of rotatable bonds is 5. The molecule has 0 radical (unpaired) electrons. The Balaban J connectivity index is 1.95. The summed E-state index contributed by atoms with van der Waals surface area (Å²) < 4.78 is 10.8. The van der Waals surface area contributed by atoms with E-state index in [1.165, 1.54) is 5.57 Å². The molecule has 0 saturated carbocycles. The second kappa shape index (κ2) is 6.79. The van der Waals surface area contributed by atoms with Crippen LogP contribution < -0.4 is 9.47 Å². The van der Waals surface area contributed by atoms with Crippen LogP contribution in [0.25, 0.3) is 0 Å². The molecule has 0 bridgehead atoms. The number of ether oxygens (including phenoxy) is 2. The highest BCUT2D eigenvalue weighted by atomic mass is 16.5. The van der Waals surface area contributed by atoms with Crippen LogP contribution in [0.3, 0.4) is 0 Å². The molecule has 0 unspecified atom stereocenters. The zero-order chi connectivity index (χ0) is 18.0. The van der Waals surface area contributed by atoms with E-state index in [4.69, 9.17) is 9.47 Å². The summed E-state index contributed by atoms with van der Waals surface area (Å²) in [6.07, 6.45) is 8.49. The summed E-state index contributed by atoms with van der Waals surface area (Å²) in [6.45, 7) is 6.66. The van der Waals surface area contributed by atoms with E-state index in [1.807, 2.05) is 29.2 Å². The average Bonchev–Trinajstić information content (AvgIpc) is 2.64. The minimum atomic E-state index is -0.145. The van der Waals surface area contributed by atoms with E-state index >= 15 is 0 Å². The Kier molecular flexibility index (Phi) is 4.71. The van der Waals surface area contributed by atoms with Crippen LogP contribution in [0.5, 0.6) is 11.5 Å². The lowest BCUT2D eigenvalue weighted by Gasteiger charge is -2.45. The Morgan fingerprint density at radius 2 is 2.08 bits per heavy atom. The molecule has 25 heavy (non-hydrogen) atoms. The Bertz CT molecular complexity index is 762. The fraction of sp³-hybridized carbons (Fsp3) is 0.381. The first-order valence-corrected chi connectivity index (χ1v) is 8.58. The van der Waals surface area contributed by atoms with E-state index in [2.05, 4.69) is 25.7 Å². The van der Waals surface area contributed by atoms with Gasteiger partial charge >= 0.3 is 0 Å². The number of hydrogen-bond acceptors (Lipinski definition) is 3. The molecule has 1 heterocycles. The minimum Gasteiger partial charge on any atom is -0.497 e. The summed E-state index contributed by atoms with van der Waals surface area (Å²) in [6, 6.07) is 5.72. The fourth-order valence-corrected chi connectivity index (χ4v) is 3.84. The number of fused-ring (bicyclic) bond motifs is 1. The lowest BCUT2D eigenvalue weighted by atomic mass is 9.69. The third-order valence-corrected chi connectivity index (χ3v) is 5.32. The zero-order valence-electron chi connectivity index (χ0n) is 15.2. The third kappa shape index (κ3) is 2.97. The van der Waals surface area contributed by atoms with Crippen LogP contribution in [0.2, 0.25) is 0 Å². The minimum absolute atomic E-state index is 0.145. The number of carbonyl (C=O) groups excluding carboxylic acids is 1. The van der Waals surface area contributed by atoms with E-state index < -0.39 is 0 Å². The number of likely N-dealkylation sites (tertiary alicyclic amines) is 1. The number of hydrogen-bond donors (Lipinski definition) is 0. The zero-order valence-corrected chi connectivity index (χ0v) is 15.2. The van der Waals surface area contributed by atoms with Gasteiger partial charge < -0.3 is 14.4 Å². The van der Waals surface area contributed by atoms with Gasteiger partial charge in [-0.15, -0.1) is 0 Å². The first kappa shape index (κ1) is 17.3. The summed E-state index contributed by atoms with van der Waals surface area (Å²) in [5, 5.41) is 0. The molecule has 4 nitrogen and oxygen atoms in total. The highest BCUT2D eigenvalue weighted by Crippen LogP contribution is 2.48. The number of piperidine rings is 1. The van der Waals surface area contributed by atoms with Gasteiger partial charge in [-0.05, 0) is 37.5 Å². The van der Waals surface area contributed by atoms with Gasteiger partial charge in [-0.25, -0.2) is 0 Å². The van der Waals surface area contributed by atoms with Crippen LogP contribution in [0.1, 0.15) is 31.7 Å². The van der Waals surface area contributed by atoms with Crippen molar-refractivity contribution < 1.29 is 14.3 Å². The SMILES string of the molecule is C=CC1=CCC=C2N(Cc3ccc(OC)cc3OC)C(=O)CC[C@]12C. The Morgan fingerprint density at radius 3 is 2.76 bits per heavy atom. The van der Waals surface area contributed by atoms with Gasteiger partial charge in [-0.2, -0.15) is 0 Å². The molecule has 0 aromatic heterocycles. The van der Waals surface area contributed by atoms with Gasteiger partial charge in [0.2, 0.25) is 5.91 Å². The molecule has 0 N–H and O–H groups in total. The smallest absolute Gasteiger partial charge is 0.227 e. The van der Waals surface area contributed by atoms with Crippen molar-refractivity contribution in [1.82, 2.24) is 4.90 Å². The molecule has 1 aromatic rings. The van der Waals surface area contributed by atoms with Crippen molar-refractivity contribution >= 4 is 5.91 Å². The normalized spacial score (nSPS) is 22.7. The monoisotopic (exact) mass is 339 g/mol. The van der Waals surface area contributed by atoms with Crippen LogP contribution in [0, 0.1) is 5.41 Å². The van der Waals surface area contributed by atoms with Crippen molar-refractivity contribution in [2.24, 2.45) is 5.41 Å². The largest absolute Gasteiger partial charge is 0.497 e.